The summed E-state index contributed by atoms with van der Waals surface area (Å²) < 4.78 is 40.1. The first-order valence-electron chi connectivity index (χ1n) is 5.89. The van der Waals surface area contributed by atoms with E-state index in [-0.39, 0.29) is 11.7 Å². The summed E-state index contributed by atoms with van der Waals surface area (Å²) in [7, 11) is 0. The van der Waals surface area contributed by atoms with Crippen LogP contribution in [0.4, 0.5) is 13.2 Å². The summed E-state index contributed by atoms with van der Waals surface area (Å²) in [6, 6.07) is 3.47. The van der Waals surface area contributed by atoms with Crippen LogP contribution in [-0.4, -0.2) is 0 Å². The first-order chi connectivity index (χ1) is 8.50. The highest BCUT2D eigenvalue weighted by molar-refractivity contribution is 5.82. The van der Waals surface area contributed by atoms with Crippen LogP contribution in [0.2, 0.25) is 0 Å². The molecule has 0 N–H and O–H groups in total. The van der Waals surface area contributed by atoms with E-state index in [0.717, 1.165) is 17.7 Å². The normalized spacial score (nSPS) is 16.2. The third kappa shape index (κ3) is 2.35. The number of benzene rings is 1. The lowest BCUT2D eigenvalue weighted by molar-refractivity contribution is 0.508. The van der Waals surface area contributed by atoms with Gasteiger partial charge in [-0.1, -0.05) is 25.5 Å². The van der Waals surface area contributed by atoms with Gasteiger partial charge in [-0.05, 0) is 42.5 Å². The summed E-state index contributed by atoms with van der Waals surface area (Å²) in [6.45, 7) is 3.90. The lowest BCUT2D eigenvalue weighted by atomic mass is 9.85. The molecular formula is C15H14F3. The molecule has 0 atom stereocenters. The Morgan fingerprint density at radius 2 is 1.78 bits per heavy atom. The van der Waals surface area contributed by atoms with Gasteiger partial charge in [-0.3, -0.25) is 0 Å². The lowest BCUT2D eigenvalue weighted by Crippen LogP contribution is -2.05. The molecule has 0 heterocycles. The van der Waals surface area contributed by atoms with Crippen molar-refractivity contribution < 1.29 is 13.2 Å². The molecule has 0 fully saturated rings. The minimum atomic E-state index is -0.957. The van der Waals surface area contributed by atoms with Gasteiger partial charge in [-0.15, -0.1) is 0 Å². The fourth-order valence-corrected chi connectivity index (χ4v) is 2.11. The third-order valence-corrected chi connectivity index (χ3v) is 2.99. The van der Waals surface area contributed by atoms with E-state index in [0.29, 0.717) is 17.6 Å². The first-order valence-corrected chi connectivity index (χ1v) is 5.89. The standard InChI is InChI=1S/C15H14F3/c1-9(2)11-4-3-5-13(17)15(11)10-6-7-12(16)14(18)8-10/h4-9H,3H2,1-2H3. The van der Waals surface area contributed by atoms with Crippen LogP contribution < -0.4 is 0 Å². The summed E-state index contributed by atoms with van der Waals surface area (Å²) in [5.74, 6) is -2.11. The Kier molecular flexibility index (Phi) is 3.60. The molecule has 2 rings (SSSR count). The molecular weight excluding hydrogens is 237 g/mol. The predicted octanol–water partition coefficient (Wildman–Crippen LogP) is 4.84. The maximum absolute atomic E-state index is 13.9. The zero-order valence-electron chi connectivity index (χ0n) is 10.3. The summed E-state index contributed by atoms with van der Waals surface area (Å²) in [6.07, 6.45) is 3.90. The summed E-state index contributed by atoms with van der Waals surface area (Å²) >= 11 is 0. The van der Waals surface area contributed by atoms with E-state index < -0.39 is 11.6 Å². The Balaban J connectivity index is 2.57. The molecule has 0 saturated carbocycles. The fraction of sp³-hybridized carbons (Fsp3) is 0.267. The van der Waals surface area contributed by atoms with Crippen LogP contribution in [0, 0.1) is 24.0 Å². The van der Waals surface area contributed by atoms with Crippen molar-refractivity contribution in [1.29, 1.82) is 0 Å². The maximum atomic E-state index is 13.9. The second-order valence-corrected chi connectivity index (χ2v) is 4.61. The number of hydrogen-bond acceptors (Lipinski definition) is 0. The molecule has 0 amide bonds. The van der Waals surface area contributed by atoms with Crippen LogP contribution in [0.1, 0.15) is 25.8 Å². The highest BCUT2D eigenvalue weighted by atomic mass is 19.2. The van der Waals surface area contributed by atoms with Crippen LogP contribution in [0.15, 0.2) is 35.7 Å². The molecule has 1 radical (unpaired) electrons. The third-order valence-electron chi connectivity index (χ3n) is 2.99. The number of rotatable bonds is 2. The average molecular weight is 251 g/mol. The molecule has 3 heteroatoms. The van der Waals surface area contributed by atoms with Gasteiger partial charge in [-0.2, -0.15) is 0 Å². The molecule has 0 spiro atoms. The molecule has 95 valence electrons. The van der Waals surface area contributed by atoms with Gasteiger partial charge < -0.3 is 0 Å². The zero-order valence-corrected chi connectivity index (χ0v) is 10.3. The van der Waals surface area contributed by atoms with Gasteiger partial charge >= 0.3 is 0 Å². The van der Waals surface area contributed by atoms with Gasteiger partial charge in [0.05, 0.1) is 0 Å². The second kappa shape index (κ2) is 5.01. The van der Waals surface area contributed by atoms with Crippen molar-refractivity contribution in [1.82, 2.24) is 0 Å². The largest absolute Gasteiger partial charge is 0.207 e. The van der Waals surface area contributed by atoms with Crippen molar-refractivity contribution in [3.63, 3.8) is 0 Å². The van der Waals surface area contributed by atoms with E-state index in [9.17, 15) is 13.2 Å². The van der Waals surface area contributed by atoms with Crippen molar-refractivity contribution in [2.24, 2.45) is 5.92 Å². The Morgan fingerprint density at radius 3 is 2.39 bits per heavy atom. The number of allylic oxidation sites excluding steroid dienone is 4. The first kappa shape index (κ1) is 12.9. The topological polar surface area (TPSA) is 0 Å². The van der Waals surface area contributed by atoms with Gasteiger partial charge in [0, 0.05) is 5.57 Å². The molecule has 1 aliphatic rings. The zero-order chi connectivity index (χ0) is 13.3. The number of hydrogen-bond donors (Lipinski definition) is 0. The summed E-state index contributed by atoms with van der Waals surface area (Å²) in [5.41, 5.74) is 1.58. The Hall–Kier alpha value is -1.51. The van der Waals surface area contributed by atoms with Crippen molar-refractivity contribution in [3.05, 3.63) is 59.3 Å². The van der Waals surface area contributed by atoms with E-state index in [4.69, 9.17) is 0 Å². The second-order valence-electron chi connectivity index (χ2n) is 4.61. The van der Waals surface area contributed by atoms with Gasteiger partial charge in [0.25, 0.3) is 0 Å². The summed E-state index contributed by atoms with van der Waals surface area (Å²) in [4.78, 5) is 0. The van der Waals surface area contributed by atoms with Crippen molar-refractivity contribution >= 4 is 5.57 Å². The van der Waals surface area contributed by atoms with Gasteiger partial charge in [-0.25, -0.2) is 13.2 Å². The van der Waals surface area contributed by atoms with E-state index in [2.05, 4.69) is 0 Å². The van der Waals surface area contributed by atoms with Crippen LogP contribution in [0.3, 0.4) is 0 Å². The van der Waals surface area contributed by atoms with Gasteiger partial charge in [0.15, 0.2) is 11.6 Å². The molecule has 18 heavy (non-hydrogen) atoms. The van der Waals surface area contributed by atoms with E-state index in [1.54, 1.807) is 0 Å². The molecule has 0 saturated heterocycles. The predicted molar refractivity (Wildman–Crippen MR) is 66.2 cm³/mol. The monoisotopic (exact) mass is 251 g/mol. The highest BCUT2D eigenvalue weighted by Gasteiger charge is 2.21. The fourth-order valence-electron chi connectivity index (χ4n) is 2.11. The molecule has 0 unspecified atom stereocenters. The Labute approximate surface area is 105 Å². The van der Waals surface area contributed by atoms with Gasteiger partial charge in [0.2, 0.25) is 0 Å². The van der Waals surface area contributed by atoms with Crippen LogP contribution >= 0.6 is 0 Å². The van der Waals surface area contributed by atoms with Crippen LogP contribution in [0.25, 0.3) is 5.57 Å². The minimum absolute atomic E-state index is 0.132. The summed E-state index contributed by atoms with van der Waals surface area (Å²) in [5, 5.41) is 0. The van der Waals surface area contributed by atoms with Crippen molar-refractivity contribution in [2.45, 2.75) is 20.3 Å². The molecule has 0 nitrogen and oxygen atoms in total. The van der Waals surface area contributed by atoms with Crippen LogP contribution in [-0.2, 0) is 0 Å². The SMILES string of the molecule is CC(C)C1=C(c2ccc(F)c(F)c2)C(F)=CC[CH]1. The van der Waals surface area contributed by atoms with E-state index in [1.807, 2.05) is 20.3 Å². The van der Waals surface area contributed by atoms with Crippen LogP contribution in [0.5, 0.6) is 0 Å². The van der Waals surface area contributed by atoms with Crippen molar-refractivity contribution in [3.8, 4) is 0 Å². The Morgan fingerprint density at radius 1 is 1.06 bits per heavy atom. The quantitative estimate of drug-likeness (QED) is 0.705. The molecule has 0 bridgehead atoms. The van der Waals surface area contributed by atoms with E-state index >= 15 is 0 Å². The van der Waals surface area contributed by atoms with Gasteiger partial charge in [0.1, 0.15) is 5.83 Å². The molecule has 1 aromatic rings. The lowest BCUT2D eigenvalue weighted by Gasteiger charge is -2.21. The Bertz CT molecular complexity index is 525. The maximum Gasteiger partial charge on any atom is 0.159 e. The van der Waals surface area contributed by atoms with E-state index in [1.165, 1.54) is 12.1 Å². The molecule has 0 aliphatic heterocycles. The smallest absolute Gasteiger partial charge is 0.159 e. The molecule has 1 aromatic carbocycles. The minimum Gasteiger partial charge on any atom is -0.207 e. The number of halogens is 3. The average Bonchev–Trinajstić information content (AvgIpc) is 2.32. The molecule has 0 aromatic heterocycles. The molecule has 1 aliphatic carbocycles. The highest BCUT2D eigenvalue weighted by Crippen LogP contribution is 2.37. The van der Waals surface area contributed by atoms with Crippen molar-refractivity contribution in [2.75, 3.05) is 0 Å².